The molecule has 0 aliphatic carbocycles. The van der Waals surface area contributed by atoms with E-state index in [0.29, 0.717) is 5.82 Å². The van der Waals surface area contributed by atoms with Crippen molar-refractivity contribution in [2.45, 2.75) is 18.5 Å². The van der Waals surface area contributed by atoms with Crippen LogP contribution in [0.4, 0.5) is 13.2 Å². The second kappa shape index (κ2) is 5.53. The average molecular weight is 254 g/mol. The molecule has 0 aliphatic heterocycles. The van der Waals surface area contributed by atoms with Crippen molar-refractivity contribution in [1.29, 1.82) is 0 Å². The van der Waals surface area contributed by atoms with Gasteiger partial charge in [-0.25, -0.2) is 0 Å². The van der Waals surface area contributed by atoms with Gasteiger partial charge in [0, 0.05) is 19.3 Å². The van der Waals surface area contributed by atoms with E-state index in [-0.39, 0.29) is 30.1 Å². The number of nitrogens with zero attached hydrogens (tertiary/aromatic N) is 3. The minimum absolute atomic E-state index is 0.00824. The Morgan fingerprint density at radius 2 is 2.25 bits per heavy atom. The molecule has 1 aromatic rings. The van der Waals surface area contributed by atoms with Gasteiger partial charge in [0.25, 0.3) is 0 Å². The van der Waals surface area contributed by atoms with Gasteiger partial charge in [0.05, 0.1) is 6.04 Å². The molecule has 0 bridgehead atoms. The van der Waals surface area contributed by atoms with Gasteiger partial charge in [0.1, 0.15) is 12.2 Å². The number of rotatable bonds is 5. The third-order valence-electron chi connectivity index (χ3n) is 1.95. The fourth-order valence-electron chi connectivity index (χ4n) is 1.22. The number of halogens is 3. The van der Waals surface area contributed by atoms with Crippen molar-refractivity contribution in [1.82, 2.24) is 20.1 Å². The summed E-state index contributed by atoms with van der Waals surface area (Å²) in [6, 6.07) is -0.110. The Labute approximate surface area is 95.6 Å². The molecule has 0 amide bonds. The second-order valence-corrected chi connectivity index (χ2v) is 4.43. The van der Waals surface area contributed by atoms with E-state index in [1.165, 1.54) is 0 Å². The summed E-state index contributed by atoms with van der Waals surface area (Å²) in [7, 11) is 1.79. The van der Waals surface area contributed by atoms with Crippen molar-refractivity contribution in [3.8, 4) is 0 Å². The van der Waals surface area contributed by atoms with Crippen molar-refractivity contribution in [3.05, 3.63) is 12.2 Å². The Morgan fingerprint density at radius 1 is 1.56 bits per heavy atom. The van der Waals surface area contributed by atoms with E-state index in [4.69, 9.17) is 0 Å². The molecule has 0 radical (unpaired) electrons. The topological polar surface area (TPSA) is 42.7 Å². The molecule has 1 aromatic heterocycles. The van der Waals surface area contributed by atoms with Gasteiger partial charge in [-0.2, -0.15) is 13.2 Å². The molecule has 1 atom stereocenters. The molecule has 0 saturated carbocycles. The van der Waals surface area contributed by atoms with Crippen molar-refractivity contribution >= 4 is 11.8 Å². The van der Waals surface area contributed by atoms with Gasteiger partial charge in [-0.05, 0) is 18.7 Å². The maximum atomic E-state index is 11.8. The number of thioether (sulfide) groups is 1. The monoisotopic (exact) mass is 254 g/mol. The maximum Gasteiger partial charge on any atom is 0.441 e. The molecule has 0 saturated heterocycles. The predicted octanol–water partition coefficient (Wildman–Crippen LogP) is 1.72. The first-order chi connectivity index (χ1) is 7.40. The summed E-state index contributed by atoms with van der Waals surface area (Å²) in [5, 5.41) is 10.5. The van der Waals surface area contributed by atoms with E-state index in [1.54, 1.807) is 17.9 Å². The summed E-state index contributed by atoms with van der Waals surface area (Å²) in [6.07, 6.45) is 1.55. The highest BCUT2D eigenvalue weighted by Gasteiger charge is 2.27. The molecule has 0 aliphatic rings. The van der Waals surface area contributed by atoms with Crippen molar-refractivity contribution in [2.24, 2.45) is 7.05 Å². The maximum absolute atomic E-state index is 11.8. The van der Waals surface area contributed by atoms with Gasteiger partial charge < -0.3 is 9.88 Å². The van der Waals surface area contributed by atoms with Crippen molar-refractivity contribution in [2.75, 3.05) is 12.3 Å². The Morgan fingerprint density at radius 3 is 2.75 bits per heavy atom. The molecule has 4 nitrogen and oxygen atoms in total. The van der Waals surface area contributed by atoms with E-state index in [0.717, 1.165) is 0 Å². The van der Waals surface area contributed by atoms with Crippen LogP contribution in [-0.2, 0) is 7.05 Å². The van der Waals surface area contributed by atoms with Crippen LogP contribution in [0.2, 0.25) is 0 Å². The SMILES string of the molecule is CC(NCCSC(F)(F)F)c1nncn1C. The minimum Gasteiger partial charge on any atom is -0.319 e. The normalized spacial score (nSPS) is 14.1. The van der Waals surface area contributed by atoms with Crippen LogP contribution in [0.15, 0.2) is 6.33 Å². The first kappa shape index (κ1) is 13.3. The molecular formula is C8H13F3N4S. The van der Waals surface area contributed by atoms with Gasteiger partial charge in [0.2, 0.25) is 0 Å². The lowest BCUT2D eigenvalue weighted by atomic mass is 10.3. The van der Waals surface area contributed by atoms with Gasteiger partial charge in [0.15, 0.2) is 0 Å². The number of aromatic nitrogens is 3. The van der Waals surface area contributed by atoms with Gasteiger partial charge in [-0.1, -0.05) is 0 Å². The average Bonchev–Trinajstić information content (AvgIpc) is 2.57. The van der Waals surface area contributed by atoms with Crippen LogP contribution in [0.3, 0.4) is 0 Å². The summed E-state index contributed by atoms with van der Waals surface area (Å²) < 4.78 is 37.2. The van der Waals surface area contributed by atoms with Crippen LogP contribution in [-0.4, -0.2) is 32.6 Å². The smallest absolute Gasteiger partial charge is 0.319 e. The fraction of sp³-hybridized carbons (Fsp3) is 0.750. The molecular weight excluding hydrogens is 241 g/mol. The van der Waals surface area contributed by atoms with Gasteiger partial charge in [-0.15, -0.1) is 10.2 Å². The van der Waals surface area contributed by atoms with E-state index < -0.39 is 5.51 Å². The Hall–Kier alpha value is -0.760. The van der Waals surface area contributed by atoms with Crippen LogP contribution in [0.5, 0.6) is 0 Å². The first-order valence-electron chi connectivity index (χ1n) is 4.68. The van der Waals surface area contributed by atoms with Crippen LogP contribution in [0.1, 0.15) is 18.8 Å². The summed E-state index contributed by atoms with van der Waals surface area (Å²) in [5.74, 6) is 0.697. The second-order valence-electron chi connectivity index (χ2n) is 3.27. The zero-order chi connectivity index (χ0) is 12.2. The van der Waals surface area contributed by atoms with E-state index in [2.05, 4.69) is 15.5 Å². The third-order valence-corrected chi connectivity index (χ3v) is 2.69. The van der Waals surface area contributed by atoms with Crippen LogP contribution < -0.4 is 5.32 Å². The molecule has 0 aromatic carbocycles. The third kappa shape index (κ3) is 4.40. The highest BCUT2D eigenvalue weighted by Crippen LogP contribution is 2.29. The molecule has 16 heavy (non-hydrogen) atoms. The van der Waals surface area contributed by atoms with Crippen molar-refractivity contribution < 1.29 is 13.2 Å². The Bertz CT molecular complexity index is 325. The summed E-state index contributed by atoms with van der Waals surface area (Å²) in [4.78, 5) is 0. The van der Waals surface area contributed by atoms with Crippen LogP contribution in [0, 0.1) is 0 Å². The van der Waals surface area contributed by atoms with E-state index in [9.17, 15) is 13.2 Å². The quantitative estimate of drug-likeness (QED) is 0.812. The molecule has 8 heteroatoms. The molecule has 1 unspecified atom stereocenters. The van der Waals surface area contributed by atoms with E-state index in [1.807, 2.05) is 6.92 Å². The van der Waals surface area contributed by atoms with Crippen LogP contribution in [0.25, 0.3) is 0 Å². The molecule has 1 heterocycles. The van der Waals surface area contributed by atoms with Gasteiger partial charge in [-0.3, -0.25) is 0 Å². The Kier molecular flexibility index (Phi) is 4.60. The first-order valence-corrected chi connectivity index (χ1v) is 5.66. The van der Waals surface area contributed by atoms with Crippen LogP contribution >= 0.6 is 11.8 Å². The molecule has 92 valence electrons. The number of hydrogen-bond donors (Lipinski definition) is 1. The summed E-state index contributed by atoms with van der Waals surface area (Å²) in [6.45, 7) is 2.11. The number of nitrogens with one attached hydrogen (secondary N) is 1. The van der Waals surface area contributed by atoms with E-state index >= 15 is 0 Å². The lowest BCUT2D eigenvalue weighted by Crippen LogP contribution is -2.24. The zero-order valence-corrected chi connectivity index (χ0v) is 9.77. The molecule has 0 fully saturated rings. The number of hydrogen-bond acceptors (Lipinski definition) is 4. The molecule has 1 N–H and O–H groups in total. The number of aryl methyl sites for hydroxylation is 1. The van der Waals surface area contributed by atoms with Crippen molar-refractivity contribution in [3.63, 3.8) is 0 Å². The fourth-order valence-corrected chi connectivity index (χ4v) is 1.67. The Balaban J connectivity index is 2.26. The predicted molar refractivity (Wildman–Crippen MR) is 55.9 cm³/mol. The summed E-state index contributed by atoms with van der Waals surface area (Å²) in [5.41, 5.74) is -4.16. The largest absolute Gasteiger partial charge is 0.441 e. The molecule has 0 spiro atoms. The highest BCUT2D eigenvalue weighted by molar-refractivity contribution is 8.00. The zero-order valence-electron chi connectivity index (χ0n) is 8.95. The minimum atomic E-state index is -4.16. The molecule has 1 rings (SSSR count). The van der Waals surface area contributed by atoms with Gasteiger partial charge >= 0.3 is 5.51 Å². The number of alkyl halides is 3. The highest BCUT2D eigenvalue weighted by atomic mass is 32.2. The standard InChI is InChI=1S/C8H13F3N4S/c1-6(7-14-13-5-15(7)2)12-3-4-16-8(9,10)11/h5-6,12H,3-4H2,1-2H3. The lowest BCUT2D eigenvalue weighted by Gasteiger charge is -2.13. The summed E-state index contributed by atoms with van der Waals surface area (Å²) >= 11 is -0.0283. The lowest BCUT2D eigenvalue weighted by molar-refractivity contribution is -0.0327.